The van der Waals surface area contributed by atoms with Gasteiger partial charge in [-0.05, 0) is 86.9 Å². The number of phenols is 1. The number of fused-ring (bicyclic) bond motifs is 4. The van der Waals surface area contributed by atoms with Crippen LogP contribution in [-0.4, -0.2) is 321 Å². The number of carboxylic acid groups (broad SMARTS) is 1. The number of carboxylic acids is 1. The van der Waals surface area contributed by atoms with E-state index in [0.29, 0.717) is 64.2 Å². The Bertz CT molecular complexity index is 5130. The number of thioether (sulfide) groups is 1. The van der Waals surface area contributed by atoms with Crippen molar-refractivity contribution in [1.29, 1.82) is 0 Å². The van der Waals surface area contributed by atoms with Crippen molar-refractivity contribution < 1.29 is 107 Å². The second-order valence-electron chi connectivity index (χ2n) is 33.0. The molecule has 0 saturated carbocycles. The van der Waals surface area contributed by atoms with E-state index in [9.17, 15) is 73.2 Å². The smallest absolute Gasteiger partial charge is 0.305 e. The number of H-pyrrole nitrogens is 3. The number of hydrogen-bond donors (Lipinski definition) is 19. The number of aromatic hydroxyl groups is 1. The molecule has 6 heterocycles. The third-order valence-electron chi connectivity index (χ3n) is 23.4. The third kappa shape index (κ3) is 27.5. The van der Waals surface area contributed by atoms with Gasteiger partial charge in [-0.3, -0.25) is 86.3 Å². The van der Waals surface area contributed by atoms with Crippen molar-refractivity contribution in [2.24, 2.45) is 11.5 Å². The highest BCUT2D eigenvalue weighted by atomic mass is 32.2. The topological polar surface area (TPSA) is 637 Å². The van der Waals surface area contributed by atoms with E-state index in [-0.39, 0.29) is 62.9 Å². The number of carbonyl (C=O) groups excluding carboxylic acids is 17. The first-order valence-corrected chi connectivity index (χ1v) is 44.5. The minimum Gasteiger partial charge on any atom is -0.508 e. The fourth-order valence-corrected chi connectivity index (χ4v) is 16.8. The molecule has 3 aliphatic heterocycles. The lowest BCUT2D eigenvalue weighted by atomic mass is 10.00. The standard InChI is InChI=1S/C87H117N21O22S/c1-8-10-21-66-80(123)95-46(3)74(117)103-65(76(119)93-40-71(89)113)43-131-44-72(114)96-61(31-48-24-26-52(110)27-25-48)83(126)104(5)47(4)75(118)100-63(36-73(115)116)86(129)107-30-16-23-67(107)81(124)99-60(34-51-39-90-45-94-51)78(121)97-58(28-29-70(88)112)85(128)108-41-53(111)35-69(108)82(125)98-59(32-49-37-91-56-19-14-12-17-54(49)56)77(120)102-64(42-109)79(122)101-62(33-50-38-92-57-20-15-13-18-55(50)57)84(127)106(7)68(22-11-9-2)87(130)105(66)6/h12-15,17-20,24-27,37-39,45-47,53,58-69,91-92,109-111H,8-11,16,21-23,28-36,40-44H2,1-7H3,(H2,88,112)(H2,89,113)(H,90,94)(H,93,119)(H,95,123)(H,96,114)(H,97,121)(H,98,125)(H,99,124)(H,100,118)(H,101,122)(H,102,120)(H,103,117)(H,115,116). The van der Waals surface area contributed by atoms with Crippen LogP contribution in [0.15, 0.2) is 97.7 Å². The molecule has 15 atom stereocenters. The van der Waals surface area contributed by atoms with E-state index in [0.717, 1.165) is 36.3 Å². The summed E-state index contributed by atoms with van der Waals surface area (Å²) >= 11 is 0.760. The summed E-state index contributed by atoms with van der Waals surface area (Å²) < 4.78 is 0. The lowest BCUT2D eigenvalue weighted by Gasteiger charge is -2.36. The Kier molecular flexibility index (Phi) is 36.9. The van der Waals surface area contributed by atoms with Crippen LogP contribution in [0.1, 0.15) is 127 Å². The number of hydrogen-bond acceptors (Lipinski definition) is 23. The Morgan fingerprint density at radius 2 is 1.08 bits per heavy atom. The van der Waals surface area contributed by atoms with Crippen molar-refractivity contribution in [2.75, 3.05) is 58.9 Å². The number of rotatable bonds is 23. The lowest BCUT2D eigenvalue weighted by Crippen LogP contribution is -2.61. The fraction of sp³-hybridized carbons (Fsp3) is 0.506. The van der Waals surface area contributed by atoms with Gasteiger partial charge in [-0.25, -0.2) is 4.98 Å². The van der Waals surface area contributed by atoms with Gasteiger partial charge in [-0.1, -0.05) is 88.1 Å². The molecule has 3 saturated heterocycles. The number of aromatic amines is 3. The van der Waals surface area contributed by atoms with Gasteiger partial charge in [0.15, 0.2) is 0 Å². The Labute approximate surface area is 758 Å². The van der Waals surface area contributed by atoms with Crippen molar-refractivity contribution in [1.82, 2.24) is 97.6 Å². The molecule has 44 heteroatoms. The molecular weight excluding hydrogens is 1720 g/mol. The summed E-state index contributed by atoms with van der Waals surface area (Å²) in [6, 6.07) is -3.17. The van der Waals surface area contributed by atoms with Crippen LogP contribution in [0, 0.1) is 0 Å². The van der Waals surface area contributed by atoms with Crippen LogP contribution in [0.4, 0.5) is 0 Å². The van der Waals surface area contributed by atoms with Gasteiger partial charge in [0.05, 0.1) is 37.8 Å². The number of carbonyl (C=O) groups is 18. The monoisotopic (exact) mass is 1840 g/mol. The third-order valence-corrected chi connectivity index (χ3v) is 24.4. The number of nitrogens with two attached hydrogens (primary N) is 2. The number of nitrogens with zero attached hydrogens (tertiary/aromatic N) is 6. The number of aromatic nitrogens is 4. The van der Waals surface area contributed by atoms with E-state index in [4.69, 9.17) is 11.5 Å². The van der Waals surface area contributed by atoms with E-state index in [2.05, 4.69) is 73.1 Å². The number of unbranched alkanes of at least 4 members (excludes halogenated alkanes) is 2. The predicted molar refractivity (Wildman–Crippen MR) is 474 cm³/mol. The van der Waals surface area contributed by atoms with E-state index < -0.39 is 260 Å². The molecule has 708 valence electrons. The van der Waals surface area contributed by atoms with Gasteiger partial charge in [0, 0.05) is 125 Å². The number of nitrogens with one attached hydrogen (secondary N) is 13. The van der Waals surface area contributed by atoms with Crippen LogP contribution in [0.5, 0.6) is 5.75 Å². The zero-order valence-electron chi connectivity index (χ0n) is 73.8. The van der Waals surface area contributed by atoms with Crippen LogP contribution in [0.2, 0.25) is 0 Å². The van der Waals surface area contributed by atoms with Gasteiger partial charge < -0.3 is 125 Å². The zero-order valence-corrected chi connectivity index (χ0v) is 74.7. The molecule has 0 aliphatic carbocycles. The Morgan fingerprint density at radius 3 is 1.68 bits per heavy atom. The average Bonchev–Trinajstić information content (AvgIpc) is 1.62. The number of aliphatic hydroxyl groups is 2. The van der Waals surface area contributed by atoms with Crippen LogP contribution in [0.25, 0.3) is 21.8 Å². The van der Waals surface area contributed by atoms with Crippen LogP contribution < -0.4 is 64.6 Å². The number of amides is 17. The van der Waals surface area contributed by atoms with Gasteiger partial charge in [0.1, 0.15) is 90.3 Å². The predicted octanol–water partition coefficient (Wildman–Crippen LogP) is -3.35. The van der Waals surface area contributed by atoms with Crippen molar-refractivity contribution in [2.45, 2.75) is 221 Å². The van der Waals surface area contributed by atoms with Crippen LogP contribution in [0.3, 0.4) is 0 Å². The summed E-state index contributed by atoms with van der Waals surface area (Å²) in [5.41, 5.74) is 13.8. The number of likely N-dealkylation sites (N-methyl/N-ethyl adjacent to an activating group) is 3. The van der Waals surface area contributed by atoms with Crippen molar-refractivity contribution in [3.8, 4) is 5.75 Å². The van der Waals surface area contributed by atoms with Crippen LogP contribution in [-0.2, 0) is 112 Å². The van der Waals surface area contributed by atoms with Crippen LogP contribution >= 0.6 is 11.8 Å². The molecule has 3 aliphatic rings. The summed E-state index contributed by atoms with van der Waals surface area (Å²) in [6.45, 7) is 3.57. The molecule has 17 amide bonds. The van der Waals surface area contributed by atoms with E-state index in [1.807, 2.05) is 13.8 Å². The maximum absolute atomic E-state index is 15.6. The molecular formula is C87H117N21O22S. The SMILES string of the molecule is CCCCC1C(=O)N(C)C(CCCC)C(=O)NC(C)C(=O)NC(C(=O)NCC(N)=O)CSCC(=O)NC(Cc2ccc(O)cc2)C(=O)N(C)C(C)C(=O)NC(CC(=O)O)C(=O)N2CCCC2C(=O)NC(Cc2cnc[nH]2)C(=O)NC(CCC(N)=O)C(=O)N2CC(O)CC2C(=O)NC(Cc2c[nH]c3ccccc23)C(=O)NC(CO)C(=O)NC(Cc2c[nH]c3ccccc23)C(=O)N1C. The Balaban J connectivity index is 1.08. The van der Waals surface area contributed by atoms with E-state index in [1.54, 1.807) is 60.9 Å². The van der Waals surface area contributed by atoms with Gasteiger partial charge in [0.25, 0.3) is 0 Å². The first-order valence-electron chi connectivity index (χ1n) is 43.3. The van der Waals surface area contributed by atoms with Gasteiger partial charge >= 0.3 is 5.97 Å². The highest BCUT2D eigenvalue weighted by molar-refractivity contribution is 8.00. The molecule has 0 radical (unpaired) electrons. The molecule has 0 spiro atoms. The Morgan fingerprint density at radius 1 is 0.542 bits per heavy atom. The largest absolute Gasteiger partial charge is 0.508 e. The normalized spacial score (nSPS) is 25.1. The fourth-order valence-electron chi connectivity index (χ4n) is 15.9. The minimum absolute atomic E-state index is 0.000257. The number of imidazole rings is 1. The van der Waals surface area contributed by atoms with E-state index >= 15 is 33.6 Å². The number of primary amides is 2. The van der Waals surface area contributed by atoms with Crippen molar-refractivity contribution >= 4 is 140 Å². The minimum atomic E-state index is -1.93. The molecule has 43 nitrogen and oxygen atoms in total. The van der Waals surface area contributed by atoms with Crippen molar-refractivity contribution in [3.05, 3.63) is 120 Å². The second-order valence-corrected chi connectivity index (χ2v) is 34.0. The molecule has 9 rings (SSSR count). The lowest BCUT2D eigenvalue weighted by molar-refractivity contribution is -0.149. The van der Waals surface area contributed by atoms with Gasteiger partial charge in [-0.15, -0.1) is 11.8 Å². The molecule has 3 aromatic heterocycles. The average molecular weight is 1840 g/mol. The molecule has 131 heavy (non-hydrogen) atoms. The Hall–Kier alpha value is -13.5. The summed E-state index contributed by atoms with van der Waals surface area (Å²) in [5, 5.41) is 69.8. The molecule has 21 N–H and O–H groups in total. The number of aliphatic carboxylic acids is 1. The number of benzene rings is 3. The van der Waals surface area contributed by atoms with Gasteiger partial charge in [-0.2, -0.15) is 0 Å². The summed E-state index contributed by atoms with van der Waals surface area (Å²) in [6.07, 6.45) is 2.04. The van der Waals surface area contributed by atoms with Gasteiger partial charge in [0.2, 0.25) is 100 Å². The summed E-state index contributed by atoms with van der Waals surface area (Å²) in [5.74, 6) is -19.4. The summed E-state index contributed by atoms with van der Waals surface area (Å²) in [7, 11) is 3.85. The highest BCUT2D eigenvalue weighted by Crippen LogP contribution is 2.28. The quantitative estimate of drug-likeness (QED) is 0.0298. The number of phenolic OH excluding ortho intramolecular Hbond substituents is 1. The highest BCUT2D eigenvalue weighted by Gasteiger charge is 2.47. The molecule has 6 aromatic rings. The maximum Gasteiger partial charge on any atom is 0.305 e. The number of aliphatic hydroxyl groups excluding tert-OH is 2. The first kappa shape index (κ1) is 101. The molecule has 3 aromatic carbocycles. The number of para-hydroxylation sites is 2. The molecule has 0 bridgehead atoms. The maximum atomic E-state index is 15.6. The van der Waals surface area contributed by atoms with Crippen molar-refractivity contribution in [3.63, 3.8) is 0 Å². The molecule has 3 fully saturated rings. The molecule has 15 unspecified atom stereocenters. The first-order chi connectivity index (χ1) is 62.4. The summed E-state index contributed by atoms with van der Waals surface area (Å²) in [4.78, 5) is 278. The van der Waals surface area contributed by atoms with E-state index in [1.165, 1.54) is 71.8 Å². The zero-order chi connectivity index (χ0) is 95.6. The second kappa shape index (κ2) is 47.7.